The number of halogens is 1. The Morgan fingerprint density at radius 2 is 1.90 bits per heavy atom. The van der Waals surface area contributed by atoms with Crippen molar-refractivity contribution in [2.45, 2.75) is 19.9 Å². The molecule has 0 amide bonds. The molecule has 1 aliphatic rings. The Labute approximate surface area is 125 Å². The van der Waals surface area contributed by atoms with Crippen LogP contribution in [-0.2, 0) is 13.0 Å². The molecule has 0 N–H and O–H groups in total. The number of rotatable bonds is 2. The van der Waals surface area contributed by atoms with Gasteiger partial charge in [-0.1, -0.05) is 12.1 Å². The number of ether oxygens (including phenoxy) is 1. The summed E-state index contributed by atoms with van der Waals surface area (Å²) in [6, 6.07) is 8.93. The van der Waals surface area contributed by atoms with Crippen molar-refractivity contribution in [3.63, 3.8) is 0 Å². The van der Waals surface area contributed by atoms with Gasteiger partial charge in [0.15, 0.2) is 0 Å². The molecule has 2 nitrogen and oxygen atoms in total. The zero-order chi connectivity index (χ0) is 15.0. The van der Waals surface area contributed by atoms with Crippen LogP contribution in [0.5, 0.6) is 5.75 Å². The van der Waals surface area contributed by atoms with Crippen LogP contribution in [0.3, 0.4) is 0 Å². The van der Waals surface area contributed by atoms with Gasteiger partial charge < -0.3 is 9.64 Å². The molecule has 110 valence electrons. The second kappa shape index (κ2) is 5.49. The van der Waals surface area contributed by atoms with Crippen LogP contribution in [0.4, 0.5) is 4.39 Å². The average molecular weight is 285 g/mol. The van der Waals surface area contributed by atoms with Gasteiger partial charge in [-0.2, -0.15) is 0 Å². The number of methoxy groups -OCH3 is 1. The Bertz CT molecular complexity index is 681. The van der Waals surface area contributed by atoms with Crippen LogP contribution >= 0.6 is 0 Å². The molecular weight excluding hydrogens is 265 g/mol. The minimum absolute atomic E-state index is 0.229. The van der Waals surface area contributed by atoms with Gasteiger partial charge in [0.25, 0.3) is 0 Å². The number of fused-ring (bicyclic) bond motifs is 1. The molecule has 2 aromatic carbocycles. The zero-order valence-corrected chi connectivity index (χ0v) is 12.7. The van der Waals surface area contributed by atoms with Gasteiger partial charge in [-0.15, -0.1) is 0 Å². The Morgan fingerprint density at radius 3 is 2.67 bits per heavy atom. The lowest BCUT2D eigenvalue weighted by atomic mass is 9.88. The Hall–Kier alpha value is -1.87. The first kappa shape index (κ1) is 14.1. The van der Waals surface area contributed by atoms with E-state index in [4.69, 9.17) is 4.74 Å². The number of hydrogen-bond acceptors (Lipinski definition) is 2. The molecule has 0 bridgehead atoms. The molecule has 0 aliphatic carbocycles. The number of hydrogen-bond donors (Lipinski definition) is 0. The molecule has 0 spiro atoms. The summed E-state index contributed by atoms with van der Waals surface area (Å²) in [5, 5.41) is 0. The smallest absolute Gasteiger partial charge is 0.126 e. The third-order valence-corrected chi connectivity index (χ3v) is 4.29. The summed E-state index contributed by atoms with van der Waals surface area (Å²) in [5.41, 5.74) is 5.94. The molecule has 0 unspecified atom stereocenters. The highest BCUT2D eigenvalue weighted by molar-refractivity contribution is 5.75. The van der Waals surface area contributed by atoms with Crippen LogP contribution < -0.4 is 4.74 Å². The molecule has 0 radical (unpaired) electrons. The van der Waals surface area contributed by atoms with E-state index in [-0.39, 0.29) is 5.82 Å². The molecule has 0 saturated carbocycles. The maximum Gasteiger partial charge on any atom is 0.126 e. The fourth-order valence-electron chi connectivity index (χ4n) is 3.11. The van der Waals surface area contributed by atoms with E-state index in [0.717, 1.165) is 36.4 Å². The summed E-state index contributed by atoms with van der Waals surface area (Å²) in [4.78, 5) is 2.32. The summed E-state index contributed by atoms with van der Waals surface area (Å²) >= 11 is 0. The van der Waals surface area contributed by atoms with Crippen LogP contribution in [0, 0.1) is 12.7 Å². The second-order valence-corrected chi connectivity index (χ2v) is 5.72. The van der Waals surface area contributed by atoms with E-state index >= 15 is 0 Å². The van der Waals surface area contributed by atoms with Crippen molar-refractivity contribution >= 4 is 0 Å². The van der Waals surface area contributed by atoms with Crippen molar-refractivity contribution in [3.05, 3.63) is 52.8 Å². The fraction of sp³-hybridized carbons (Fsp3) is 0.333. The molecule has 3 heteroatoms. The van der Waals surface area contributed by atoms with E-state index in [1.165, 1.54) is 22.8 Å². The quantitative estimate of drug-likeness (QED) is 0.832. The molecule has 0 atom stereocenters. The van der Waals surface area contributed by atoms with E-state index in [1.54, 1.807) is 19.2 Å². The molecule has 0 fully saturated rings. The summed E-state index contributed by atoms with van der Waals surface area (Å²) in [7, 11) is 3.77. The monoisotopic (exact) mass is 285 g/mol. The van der Waals surface area contributed by atoms with Crippen molar-refractivity contribution in [3.8, 4) is 16.9 Å². The third-order valence-electron chi connectivity index (χ3n) is 4.29. The van der Waals surface area contributed by atoms with Crippen LogP contribution in [0.2, 0.25) is 0 Å². The van der Waals surface area contributed by atoms with Gasteiger partial charge in [-0.25, -0.2) is 4.39 Å². The lowest BCUT2D eigenvalue weighted by molar-refractivity contribution is 0.312. The van der Waals surface area contributed by atoms with Crippen LogP contribution in [0.25, 0.3) is 11.1 Å². The van der Waals surface area contributed by atoms with Crippen molar-refractivity contribution in [1.82, 2.24) is 4.90 Å². The zero-order valence-electron chi connectivity index (χ0n) is 12.7. The maximum atomic E-state index is 13.7. The Morgan fingerprint density at radius 1 is 1.10 bits per heavy atom. The van der Waals surface area contributed by atoms with Crippen molar-refractivity contribution in [2.24, 2.45) is 0 Å². The van der Waals surface area contributed by atoms with E-state index in [9.17, 15) is 4.39 Å². The average Bonchev–Trinajstić information content (AvgIpc) is 2.48. The van der Waals surface area contributed by atoms with Gasteiger partial charge in [0.1, 0.15) is 11.6 Å². The third kappa shape index (κ3) is 2.54. The number of nitrogens with zero attached hydrogens (tertiary/aromatic N) is 1. The molecule has 0 aromatic heterocycles. The van der Waals surface area contributed by atoms with Gasteiger partial charge in [0, 0.05) is 18.7 Å². The summed E-state index contributed by atoms with van der Waals surface area (Å²) in [6.45, 7) is 4.12. The number of aryl methyl sites for hydroxylation is 1. The fourth-order valence-corrected chi connectivity index (χ4v) is 3.11. The predicted octanol–water partition coefficient (Wildman–Crippen LogP) is 3.80. The van der Waals surface area contributed by atoms with E-state index in [0.29, 0.717) is 0 Å². The second-order valence-electron chi connectivity index (χ2n) is 5.72. The molecule has 1 heterocycles. The Kier molecular flexibility index (Phi) is 3.68. The maximum absolute atomic E-state index is 13.7. The first-order chi connectivity index (χ1) is 10.1. The summed E-state index contributed by atoms with van der Waals surface area (Å²) < 4.78 is 19.1. The van der Waals surface area contributed by atoms with E-state index < -0.39 is 0 Å². The summed E-state index contributed by atoms with van der Waals surface area (Å²) in [6.07, 6.45) is 0.989. The molecule has 1 aliphatic heterocycles. The SMILES string of the molecule is COc1ccc(F)cc1-c1ccc(C)c2c1CCN(C)C2. The van der Waals surface area contributed by atoms with Crippen molar-refractivity contribution in [2.75, 3.05) is 20.7 Å². The topological polar surface area (TPSA) is 12.5 Å². The minimum atomic E-state index is -0.229. The minimum Gasteiger partial charge on any atom is -0.496 e. The number of benzene rings is 2. The van der Waals surface area contributed by atoms with Crippen molar-refractivity contribution < 1.29 is 9.13 Å². The van der Waals surface area contributed by atoms with Crippen LogP contribution in [0.1, 0.15) is 16.7 Å². The molecule has 2 aromatic rings. The first-order valence-corrected chi connectivity index (χ1v) is 7.24. The lowest BCUT2D eigenvalue weighted by Crippen LogP contribution is -2.27. The molecule has 3 rings (SSSR count). The highest BCUT2D eigenvalue weighted by atomic mass is 19.1. The van der Waals surface area contributed by atoms with Gasteiger partial charge in [0.05, 0.1) is 7.11 Å². The molecule has 21 heavy (non-hydrogen) atoms. The van der Waals surface area contributed by atoms with Crippen molar-refractivity contribution in [1.29, 1.82) is 0 Å². The lowest BCUT2D eigenvalue weighted by Gasteiger charge is -2.28. The predicted molar refractivity (Wildman–Crippen MR) is 83.2 cm³/mol. The number of likely N-dealkylation sites (N-methyl/N-ethyl adjacent to an activating group) is 1. The molecule has 0 saturated heterocycles. The first-order valence-electron chi connectivity index (χ1n) is 7.24. The Balaban J connectivity index is 2.20. The van der Waals surface area contributed by atoms with Gasteiger partial charge in [0.2, 0.25) is 0 Å². The van der Waals surface area contributed by atoms with Gasteiger partial charge >= 0.3 is 0 Å². The molecular formula is C18H20FNO. The van der Waals surface area contributed by atoms with Gasteiger partial charge in [-0.3, -0.25) is 0 Å². The highest BCUT2D eigenvalue weighted by Gasteiger charge is 2.20. The van der Waals surface area contributed by atoms with E-state index in [1.807, 2.05) is 0 Å². The van der Waals surface area contributed by atoms with Crippen LogP contribution in [-0.4, -0.2) is 25.6 Å². The normalized spacial score (nSPS) is 14.9. The largest absolute Gasteiger partial charge is 0.496 e. The van der Waals surface area contributed by atoms with Gasteiger partial charge in [-0.05, 0) is 60.8 Å². The van der Waals surface area contributed by atoms with E-state index in [2.05, 4.69) is 31.0 Å². The highest BCUT2D eigenvalue weighted by Crippen LogP contribution is 2.37. The summed E-state index contributed by atoms with van der Waals surface area (Å²) in [5.74, 6) is 0.495. The van der Waals surface area contributed by atoms with Crippen LogP contribution in [0.15, 0.2) is 30.3 Å². The standard InChI is InChI=1S/C18H20FNO/c1-12-4-6-14(15-8-9-20(2)11-17(12)15)16-10-13(19)5-7-18(16)21-3/h4-7,10H,8-9,11H2,1-3H3.